The first-order valence-electron chi connectivity index (χ1n) is 4.30. The fraction of sp³-hybridized carbons (Fsp3) is 0.300. The molecule has 0 atom stereocenters. The van der Waals surface area contributed by atoms with Crippen LogP contribution in [0.1, 0.15) is 5.56 Å². The van der Waals surface area contributed by atoms with E-state index in [0.29, 0.717) is 22.8 Å². The van der Waals surface area contributed by atoms with Crippen molar-refractivity contribution in [2.24, 2.45) is 10.9 Å². The Kier molecular flexibility index (Phi) is 3.79. The van der Waals surface area contributed by atoms with E-state index >= 15 is 0 Å². The Labute approximate surface area is 88.4 Å². The van der Waals surface area contributed by atoms with Crippen LogP contribution in [0.15, 0.2) is 17.2 Å². The number of ether oxygens (including phenoxy) is 3. The van der Waals surface area contributed by atoms with Crippen molar-refractivity contribution in [2.75, 3.05) is 21.3 Å². The summed E-state index contributed by atoms with van der Waals surface area (Å²) in [6.07, 6.45) is 1.47. The molecule has 0 fully saturated rings. The molecule has 82 valence electrons. The molecular formula is C10H14N2O3. The molecule has 0 bridgehead atoms. The van der Waals surface area contributed by atoms with Gasteiger partial charge in [0.2, 0.25) is 0 Å². The van der Waals surface area contributed by atoms with Gasteiger partial charge in [-0.25, -0.2) is 0 Å². The highest BCUT2D eigenvalue weighted by Crippen LogP contribution is 2.32. The number of hydrazone groups is 1. The first-order chi connectivity index (χ1) is 7.26. The normalized spacial score (nSPS) is 10.3. The van der Waals surface area contributed by atoms with Gasteiger partial charge in [0.15, 0.2) is 0 Å². The second-order valence-electron chi connectivity index (χ2n) is 2.72. The molecule has 0 saturated heterocycles. The number of benzene rings is 1. The summed E-state index contributed by atoms with van der Waals surface area (Å²) in [6.45, 7) is 0. The van der Waals surface area contributed by atoms with Crippen molar-refractivity contribution in [3.63, 3.8) is 0 Å². The molecule has 5 nitrogen and oxygen atoms in total. The molecule has 5 heteroatoms. The Morgan fingerprint density at radius 2 is 1.60 bits per heavy atom. The fourth-order valence-corrected chi connectivity index (χ4v) is 1.23. The summed E-state index contributed by atoms with van der Waals surface area (Å²) in [7, 11) is 4.69. The third-order valence-corrected chi connectivity index (χ3v) is 1.96. The third kappa shape index (κ3) is 2.31. The van der Waals surface area contributed by atoms with Crippen molar-refractivity contribution in [2.45, 2.75) is 0 Å². The summed E-state index contributed by atoms with van der Waals surface area (Å²) < 4.78 is 15.4. The van der Waals surface area contributed by atoms with Crippen molar-refractivity contribution in [3.05, 3.63) is 17.7 Å². The van der Waals surface area contributed by atoms with E-state index in [-0.39, 0.29) is 0 Å². The van der Waals surface area contributed by atoms with E-state index < -0.39 is 0 Å². The van der Waals surface area contributed by atoms with Crippen LogP contribution in [0.4, 0.5) is 0 Å². The molecule has 0 heterocycles. The van der Waals surface area contributed by atoms with Crippen LogP contribution < -0.4 is 20.1 Å². The Bertz CT molecular complexity index is 339. The van der Waals surface area contributed by atoms with Gasteiger partial charge in [-0.15, -0.1) is 0 Å². The maximum Gasteiger partial charge on any atom is 0.135 e. The van der Waals surface area contributed by atoms with E-state index in [1.807, 2.05) is 0 Å². The molecule has 0 aromatic heterocycles. The molecule has 1 rings (SSSR count). The van der Waals surface area contributed by atoms with Crippen molar-refractivity contribution in [1.82, 2.24) is 0 Å². The standard InChI is InChI=1S/C10H14N2O3/c1-13-7-4-9(14-2)8(6-12-11)10(5-7)15-3/h4-6H,11H2,1-3H3/b12-6+. The number of hydrogen-bond acceptors (Lipinski definition) is 5. The average Bonchev–Trinajstić information content (AvgIpc) is 2.29. The minimum atomic E-state index is 0.598. The molecule has 0 saturated carbocycles. The number of hydrogen-bond donors (Lipinski definition) is 1. The van der Waals surface area contributed by atoms with Gasteiger partial charge in [0.1, 0.15) is 17.2 Å². The summed E-state index contributed by atoms with van der Waals surface area (Å²) in [5.74, 6) is 6.95. The molecule has 15 heavy (non-hydrogen) atoms. The lowest BCUT2D eigenvalue weighted by atomic mass is 10.2. The van der Waals surface area contributed by atoms with Gasteiger partial charge in [0.05, 0.1) is 33.1 Å². The summed E-state index contributed by atoms with van der Waals surface area (Å²) in [6, 6.07) is 3.47. The number of nitrogens with two attached hydrogens (primary N) is 1. The lowest BCUT2D eigenvalue weighted by molar-refractivity contribution is 0.374. The van der Waals surface area contributed by atoms with E-state index in [9.17, 15) is 0 Å². The fourth-order valence-electron chi connectivity index (χ4n) is 1.23. The van der Waals surface area contributed by atoms with Gasteiger partial charge >= 0.3 is 0 Å². The molecule has 0 amide bonds. The van der Waals surface area contributed by atoms with E-state index in [1.165, 1.54) is 6.21 Å². The molecular weight excluding hydrogens is 196 g/mol. The van der Waals surface area contributed by atoms with E-state index in [1.54, 1.807) is 33.5 Å². The number of rotatable bonds is 4. The summed E-state index contributed by atoms with van der Waals surface area (Å²) in [5, 5.41) is 3.45. The summed E-state index contributed by atoms with van der Waals surface area (Å²) in [5.41, 5.74) is 0.684. The highest BCUT2D eigenvalue weighted by Gasteiger charge is 2.10. The van der Waals surface area contributed by atoms with E-state index in [2.05, 4.69) is 5.10 Å². The first-order valence-corrected chi connectivity index (χ1v) is 4.30. The zero-order chi connectivity index (χ0) is 11.3. The van der Waals surface area contributed by atoms with Gasteiger partial charge in [-0.1, -0.05) is 0 Å². The van der Waals surface area contributed by atoms with Gasteiger partial charge in [-0.3, -0.25) is 0 Å². The zero-order valence-electron chi connectivity index (χ0n) is 8.98. The van der Waals surface area contributed by atoms with Gasteiger partial charge in [0.25, 0.3) is 0 Å². The highest BCUT2D eigenvalue weighted by atomic mass is 16.5. The summed E-state index contributed by atoms with van der Waals surface area (Å²) >= 11 is 0. The predicted octanol–water partition coefficient (Wildman–Crippen LogP) is 1.01. The molecule has 1 aromatic rings. The topological polar surface area (TPSA) is 66.1 Å². The molecule has 0 aliphatic carbocycles. The maximum absolute atomic E-state index is 5.18. The van der Waals surface area contributed by atoms with Gasteiger partial charge < -0.3 is 20.1 Å². The average molecular weight is 210 g/mol. The zero-order valence-corrected chi connectivity index (χ0v) is 8.98. The van der Waals surface area contributed by atoms with Crippen LogP contribution in [-0.2, 0) is 0 Å². The number of nitrogens with zero attached hydrogens (tertiary/aromatic N) is 1. The third-order valence-electron chi connectivity index (χ3n) is 1.96. The molecule has 0 spiro atoms. The van der Waals surface area contributed by atoms with Crippen LogP contribution in [0.25, 0.3) is 0 Å². The Hall–Kier alpha value is -1.91. The van der Waals surface area contributed by atoms with E-state index in [4.69, 9.17) is 20.1 Å². The van der Waals surface area contributed by atoms with Crippen molar-refractivity contribution >= 4 is 6.21 Å². The van der Waals surface area contributed by atoms with Crippen molar-refractivity contribution < 1.29 is 14.2 Å². The van der Waals surface area contributed by atoms with Crippen LogP contribution in [0, 0.1) is 0 Å². The molecule has 1 aromatic carbocycles. The monoisotopic (exact) mass is 210 g/mol. The maximum atomic E-state index is 5.18. The Balaban J connectivity index is 3.32. The van der Waals surface area contributed by atoms with Crippen molar-refractivity contribution in [3.8, 4) is 17.2 Å². The van der Waals surface area contributed by atoms with Crippen LogP contribution >= 0.6 is 0 Å². The molecule has 0 aliphatic rings. The predicted molar refractivity (Wildman–Crippen MR) is 57.9 cm³/mol. The Morgan fingerprint density at radius 3 is 1.93 bits per heavy atom. The summed E-state index contributed by atoms with van der Waals surface area (Å²) in [4.78, 5) is 0. The molecule has 0 radical (unpaired) electrons. The number of methoxy groups -OCH3 is 3. The highest BCUT2D eigenvalue weighted by molar-refractivity contribution is 5.87. The minimum absolute atomic E-state index is 0.598. The van der Waals surface area contributed by atoms with Crippen molar-refractivity contribution in [1.29, 1.82) is 0 Å². The van der Waals surface area contributed by atoms with Crippen LogP contribution in [0.2, 0.25) is 0 Å². The van der Waals surface area contributed by atoms with Gasteiger partial charge in [-0.05, 0) is 0 Å². The molecule has 2 N–H and O–H groups in total. The second-order valence-corrected chi connectivity index (χ2v) is 2.72. The SMILES string of the molecule is COc1cc(OC)c(/C=N/N)c(OC)c1. The largest absolute Gasteiger partial charge is 0.496 e. The van der Waals surface area contributed by atoms with Crippen LogP contribution in [0.5, 0.6) is 17.2 Å². The quantitative estimate of drug-likeness (QED) is 0.457. The smallest absolute Gasteiger partial charge is 0.135 e. The first kappa shape index (κ1) is 11.2. The Morgan fingerprint density at radius 1 is 1.07 bits per heavy atom. The lowest BCUT2D eigenvalue weighted by Gasteiger charge is -2.11. The molecule has 0 aliphatic heterocycles. The van der Waals surface area contributed by atoms with Gasteiger partial charge in [0, 0.05) is 12.1 Å². The van der Waals surface area contributed by atoms with Gasteiger partial charge in [-0.2, -0.15) is 5.10 Å². The molecule has 0 unspecified atom stereocenters. The lowest BCUT2D eigenvalue weighted by Crippen LogP contribution is -1.98. The minimum Gasteiger partial charge on any atom is -0.496 e. The van der Waals surface area contributed by atoms with E-state index in [0.717, 1.165) is 0 Å². The second kappa shape index (κ2) is 5.09. The van der Waals surface area contributed by atoms with Crippen LogP contribution in [0.3, 0.4) is 0 Å². The van der Waals surface area contributed by atoms with Crippen LogP contribution in [-0.4, -0.2) is 27.5 Å².